The lowest BCUT2D eigenvalue weighted by Gasteiger charge is -2.29. The average molecular weight is 282 g/mol. The molecule has 0 saturated heterocycles. The van der Waals surface area contributed by atoms with Crippen LogP contribution in [-0.4, -0.2) is 39.8 Å². The number of nitro groups is 1. The molecule has 0 aliphatic carbocycles. The van der Waals surface area contributed by atoms with E-state index in [1.807, 2.05) is 0 Å². The Kier molecular flexibility index (Phi) is 5.60. The van der Waals surface area contributed by atoms with E-state index in [1.165, 1.54) is 18.2 Å². The van der Waals surface area contributed by atoms with Gasteiger partial charge in [-0.05, 0) is 12.0 Å². The number of aliphatic hydroxyl groups excluding tert-OH is 2. The van der Waals surface area contributed by atoms with Gasteiger partial charge in [-0.25, -0.2) is 0 Å². The van der Waals surface area contributed by atoms with Crippen molar-refractivity contribution in [3.63, 3.8) is 0 Å². The largest absolute Gasteiger partial charge is 0.394 e. The van der Waals surface area contributed by atoms with Gasteiger partial charge in [-0.1, -0.05) is 19.1 Å². The van der Waals surface area contributed by atoms with Gasteiger partial charge in [0.05, 0.1) is 30.1 Å². The Bertz CT molecular complexity index is 477. The molecule has 0 fully saturated rings. The van der Waals surface area contributed by atoms with E-state index in [9.17, 15) is 25.1 Å². The first kappa shape index (κ1) is 16.1. The van der Waals surface area contributed by atoms with Crippen molar-refractivity contribution in [2.24, 2.45) is 0 Å². The maximum Gasteiger partial charge on any atom is 0.269 e. The Morgan fingerprint density at radius 2 is 2.05 bits per heavy atom. The predicted octanol–water partition coefficient (Wildman–Crippen LogP) is 0.387. The molecule has 1 aromatic rings. The number of amides is 1. The molecule has 0 radical (unpaired) electrons. The van der Waals surface area contributed by atoms with Crippen LogP contribution in [0.3, 0.4) is 0 Å². The molecule has 0 bridgehead atoms. The first-order valence-electron chi connectivity index (χ1n) is 6.22. The van der Waals surface area contributed by atoms with Crippen molar-refractivity contribution in [2.45, 2.75) is 25.3 Å². The smallest absolute Gasteiger partial charge is 0.269 e. The van der Waals surface area contributed by atoms with Crippen molar-refractivity contribution >= 4 is 11.6 Å². The summed E-state index contributed by atoms with van der Waals surface area (Å²) in [5.74, 6) is -0.407. The van der Waals surface area contributed by atoms with Crippen molar-refractivity contribution in [3.8, 4) is 0 Å². The molecule has 1 aromatic carbocycles. The SMILES string of the molecule is CCC(CO)(CO)NC(=O)Cc1cccc([N+](=O)[O-])c1. The second-order valence-electron chi connectivity index (χ2n) is 4.60. The minimum atomic E-state index is -1.06. The maximum absolute atomic E-state index is 11.9. The summed E-state index contributed by atoms with van der Waals surface area (Å²) >= 11 is 0. The van der Waals surface area contributed by atoms with E-state index in [4.69, 9.17) is 0 Å². The van der Waals surface area contributed by atoms with E-state index in [1.54, 1.807) is 13.0 Å². The Hall–Kier alpha value is -1.99. The molecule has 0 aromatic heterocycles. The van der Waals surface area contributed by atoms with Crippen LogP contribution in [0.15, 0.2) is 24.3 Å². The normalized spacial score (nSPS) is 11.2. The lowest BCUT2D eigenvalue weighted by atomic mass is 9.98. The number of non-ortho nitro benzene ring substituents is 1. The summed E-state index contributed by atoms with van der Waals surface area (Å²) in [5.41, 5.74) is -0.642. The number of nitrogens with zero attached hydrogens (tertiary/aromatic N) is 1. The number of hydrogen-bond acceptors (Lipinski definition) is 5. The number of benzene rings is 1. The molecule has 7 nitrogen and oxygen atoms in total. The number of rotatable bonds is 7. The number of carbonyl (C=O) groups is 1. The van der Waals surface area contributed by atoms with Gasteiger partial charge in [-0.15, -0.1) is 0 Å². The molecule has 0 unspecified atom stereocenters. The maximum atomic E-state index is 11.9. The summed E-state index contributed by atoms with van der Waals surface area (Å²) in [7, 11) is 0. The number of nitro benzene ring substituents is 1. The summed E-state index contributed by atoms with van der Waals surface area (Å²) in [6.07, 6.45) is 0.324. The van der Waals surface area contributed by atoms with Gasteiger partial charge in [-0.2, -0.15) is 0 Å². The van der Waals surface area contributed by atoms with Crippen LogP contribution in [0.2, 0.25) is 0 Å². The molecular weight excluding hydrogens is 264 g/mol. The highest BCUT2D eigenvalue weighted by molar-refractivity contribution is 5.79. The fourth-order valence-corrected chi connectivity index (χ4v) is 1.75. The van der Waals surface area contributed by atoms with Crippen molar-refractivity contribution in [2.75, 3.05) is 13.2 Å². The standard InChI is InChI=1S/C13H18N2O5/c1-2-13(8-16,9-17)14-12(18)7-10-4-3-5-11(6-10)15(19)20/h3-6,16-17H,2,7-9H2,1H3,(H,14,18). The highest BCUT2D eigenvalue weighted by atomic mass is 16.6. The second-order valence-corrected chi connectivity index (χ2v) is 4.60. The van der Waals surface area contributed by atoms with E-state index in [2.05, 4.69) is 5.32 Å². The summed E-state index contributed by atoms with van der Waals surface area (Å²) in [6.45, 7) is 0.988. The van der Waals surface area contributed by atoms with E-state index in [0.717, 1.165) is 0 Å². The van der Waals surface area contributed by atoms with Crippen LogP contribution in [0.5, 0.6) is 0 Å². The lowest BCUT2D eigenvalue weighted by Crippen LogP contribution is -2.54. The van der Waals surface area contributed by atoms with Gasteiger partial charge in [0.2, 0.25) is 5.91 Å². The average Bonchev–Trinajstić information content (AvgIpc) is 2.45. The predicted molar refractivity (Wildman–Crippen MR) is 72.1 cm³/mol. The molecule has 0 aliphatic rings. The van der Waals surface area contributed by atoms with Crippen LogP contribution in [0, 0.1) is 10.1 Å². The van der Waals surface area contributed by atoms with Crippen molar-refractivity contribution in [1.29, 1.82) is 0 Å². The Labute approximate surface area is 116 Å². The zero-order valence-corrected chi connectivity index (χ0v) is 11.2. The number of carbonyl (C=O) groups excluding carboxylic acids is 1. The molecule has 1 rings (SSSR count). The molecule has 0 heterocycles. The Morgan fingerprint density at radius 1 is 1.40 bits per heavy atom. The first-order chi connectivity index (χ1) is 9.46. The molecule has 0 spiro atoms. The number of nitrogens with one attached hydrogen (secondary N) is 1. The topological polar surface area (TPSA) is 113 Å². The van der Waals surface area contributed by atoms with Gasteiger partial charge >= 0.3 is 0 Å². The van der Waals surface area contributed by atoms with Crippen molar-refractivity contribution in [1.82, 2.24) is 5.32 Å². The molecule has 110 valence electrons. The second kappa shape index (κ2) is 6.97. The number of aliphatic hydroxyl groups is 2. The van der Waals surface area contributed by atoms with Gasteiger partial charge in [0.15, 0.2) is 0 Å². The molecule has 20 heavy (non-hydrogen) atoms. The van der Waals surface area contributed by atoms with Gasteiger partial charge < -0.3 is 15.5 Å². The van der Waals surface area contributed by atoms with Crippen LogP contribution in [0.4, 0.5) is 5.69 Å². The fourth-order valence-electron chi connectivity index (χ4n) is 1.75. The molecule has 3 N–H and O–H groups in total. The molecule has 7 heteroatoms. The van der Waals surface area contributed by atoms with Crippen LogP contribution < -0.4 is 5.32 Å². The van der Waals surface area contributed by atoms with Gasteiger partial charge in [0.1, 0.15) is 0 Å². The van der Waals surface area contributed by atoms with Crippen molar-refractivity contribution in [3.05, 3.63) is 39.9 Å². The minimum absolute atomic E-state index is 0.0522. The molecule has 0 saturated carbocycles. The summed E-state index contributed by atoms with van der Waals surface area (Å²) in [6, 6.07) is 5.79. The molecular formula is C13H18N2O5. The summed E-state index contributed by atoms with van der Waals surface area (Å²) in [5, 5.41) is 31.7. The third-order valence-corrected chi connectivity index (χ3v) is 3.17. The first-order valence-corrected chi connectivity index (χ1v) is 6.22. The lowest BCUT2D eigenvalue weighted by molar-refractivity contribution is -0.384. The Balaban J connectivity index is 2.76. The zero-order valence-electron chi connectivity index (χ0n) is 11.2. The summed E-state index contributed by atoms with van der Waals surface area (Å²) < 4.78 is 0. The monoisotopic (exact) mass is 282 g/mol. The van der Waals surface area contributed by atoms with Crippen LogP contribution >= 0.6 is 0 Å². The minimum Gasteiger partial charge on any atom is -0.394 e. The quantitative estimate of drug-likeness (QED) is 0.494. The molecule has 0 atom stereocenters. The van der Waals surface area contributed by atoms with Crippen LogP contribution in [0.25, 0.3) is 0 Å². The van der Waals surface area contributed by atoms with E-state index >= 15 is 0 Å². The van der Waals surface area contributed by atoms with E-state index in [0.29, 0.717) is 12.0 Å². The summed E-state index contributed by atoms with van der Waals surface area (Å²) in [4.78, 5) is 22.0. The number of hydrogen-bond donors (Lipinski definition) is 3. The van der Waals surface area contributed by atoms with Crippen LogP contribution in [0.1, 0.15) is 18.9 Å². The zero-order chi connectivity index (χ0) is 15.2. The van der Waals surface area contributed by atoms with Gasteiger partial charge in [0, 0.05) is 12.1 Å². The third-order valence-electron chi connectivity index (χ3n) is 3.17. The fraction of sp³-hybridized carbons (Fsp3) is 0.462. The van der Waals surface area contributed by atoms with Gasteiger partial charge in [0.25, 0.3) is 5.69 Å². The molecule has 1 amide bonds. The van der Waals surface area contributed by atoms with E-state index < -0.39 is 16.4 Å². The molecule has 0 aliphatic heterocycles. The Morgan fingerprint density at radius 3 is 2.55 bits per heavy atom. The highest BCUT2D eigenvalue weighted by Crippen LogP contribution is 2.14. The highest BCUT2D eigenvalue weighted by Gasteiger charge is 2.28. The third kappa shape index (κ3) is 4.01. The van der Waals surface area contributed by atoms with Crippen molar-refractivity contribution < 1.29 is 19.9 Å². The van der Waals surface area contributed by atoms with Gasteiger partial charge in [-0.3, -0.25) is 14.9 Å². The van der Waals surface area contributed by atoms with Crippen LogP contribution in [-0.2, 0) is 11.2 Å². The van der Waals surface area contributed by atoms with E-state index in [-0.39, 0.29) is 25.3 Å².